The molecule has 6 heteroatoms. The van der Waals surface area contributed by atoms with E-state index in [9.17, 15) is 4.79 Å². The number of likely N-dealkylation sites (tertiary alicyclic amines) is 1. The monoisotopic (exact) mass is 357 g/mol. The molecule has 26 heavy (non-hydrogen) atoms. The number of nitrogens with one attached hydrogen (secondary N) is 2. The zero-order chi connectivity index (χ0) is 18.4. The largest absolute Gasteiger partial charge is 0.352 e. The smallest absolute Gasteiger partial charge is 0.225 e. The highest BCUT2D eigenvalue weighted by atomic mass is 16.2. The Kier molecular flexibility index (Phi) is 6.47. The van der Waals surface area contributed by atoms with Crippen molar-refractivity contribution in [3.05, 3.63) is 29.6 Å². The van der Waals surface area contributed by atoms with Gasteiger partial charge in [0.2, 0.25) is 5.91 Å². The Balaban J connectivity index is 1.47. The van der Waals surface area contributed by atoms with E-state index in [1.807, 2.05) is 17.2 Å². The average Bonchev–Trinajstić information content (AvgIpc) is 3.15. The molecular weight excluding hydrogens is 326 g/mol. The molecule has 1 aromatic heterocycles. The fourth-order valence-electron chi connectivity index (χ4n) is 3.94. The summed E-state index contributed by atoms with van der Waals surface area (Å²) < 4.78 is 0. The molecule has 3 rings (SSSR count). The van der Waals surface area contributed by atoms with Gasteiger partial charge in [0.1, 0.15) is 0 Å². The SMILES string of the molecule is CN=C(NCc1ncccc1C)NC1CCN(C(=O)C2CCCCC2)C1. The third kappa shape index (κ3) is 4.74. The molecule has 1 atom stereocenters. The van der Waals surface area contributed by atoms with Crippen LogP contribution >= 0.6 is 0 Å². The van der Waals surface area contributed by atoms with E-state index < -0.39 is 0 Å². The van der Waals surface area contributed by atoms with Crippen LogP contribution < -0.4 is 10.6 Å². The number of rotatable bonds is 4. The van der Waals surface area contributed by atoms with Crippen molar-refractivity contribution in [3.63, 3.8) is 0 Å². The van der Waals surface area contributed by atoms with Gasteiger partial charge in [-0.05, 0) is 37.8 Å². The molecule has 142 valence electrons. The highest BCUT2D eigenvalue weighted by Crippen LogP contribution is 2.26. The molecule has 6 nitrogen and oxygen atoms in total. The molecule has 1 saturated carbocycles. The number of pyridine rings is 1. The molecule has 1 aromatic rings. The second-order valence-corrected chi connectivity index (χ2v) is 7.44. The van der Waals surface area contributed by atoms with Crippen molar-refractivity contribution in [3.8, 4) is 0 Å². The van der Waals surface area contributed by atoms with Gasteiger partial charge in [0.05, 0.1) is 12.2 Å². The van der Waals surface area contributed by atoms with Crippen molar-refractivity contribution in [1.82, 2.24) is 20.5 Å². The molecular formula is C20H31N5O. The first-order valence-electron chi connectivity index (χ1n) is 9.84. The summed E-state index contributed by atoms with van der Waals surface area (Å²) in [4.78, 5) is 23.5. The number of carbonyl (C=O) groups is 1. The number of aliphatic imine (C=N–C) groups is 1. The first-order valence-corrected chi connectivity index (χ1v) is 9.84. The lowest BCUT2D eigenvalue weighted by molar-refractivity contribution is -0.135. The van der Waals surface area contributed by atoms with Crippen LogP contribution in [-0.4, -0.2) is 47.9 Å². The van der Waals surface area contributed by atoms with Crippen molar-refractivity contribution in [2.24, 2.45) is 10.9 Å². The molecule has 2 N–H and O–H groups in total. The summed E-state index contributed by atoms with van der Waals surface area (Å²) in [7, 11) is 1.78. The second-order valence-electron chi connectivity index (χ2n) is 7.44. The predicted octanol–water partition coefficient (Wildman–Crippen LogP) is 2.24. The quantitative estimate of drug-likeness (QED) is 0.640. The van der Waals surface area contributed by atoms with Crippen LogP contribution in [0.2, 0.25) is 0 Å². The average molecular weight is 358 g/mol. The zero-order valence-corrected chi connectivity index (χ0v) is 16.0. The van der Waals surface area contributed by atoms with Gasteiger partial charge in [-0.25, -0.2) is 0 Å². The fourth-order valence-corrected chi connectivity index (χ4v) is 3.94. The molecule has 2 heterocycles. The van der Waals surface area contributed by atoms with Crippen molar-refractivity contribution in [1.29, 1.82) is 0 Å². The van der Waals surface area contributed by atoms with Crippen LogP contribution in [0.5, 0.6) is 0 Å². The maximum absolute atomic E-state index is 12.7. The Morgan fingerprint density at radius 2 is 2.12 bits per heavy atom. The summed E-state index contributed by atoms with van der Waals surface area (Å²) >= 11 is 0. The van der Waals surface area contributed by atoms with Gasteiger partial charge in [-0.15, -0.1) is 0 Å². The van der Waals surface area contributed by atoms with E-state index in [4.69, 9.17) is 0 Å². The molecule has 1 amide bonds. The molecule has 1 unspecified atom stereocenters. The van der Waals surface area contributed by atoms with Gasteiger partial charge >= 0.3 is 0 Å². The summed E-state index contributed by atoms with van der Waals surface area (Å²) in [5.41, 5.74) is 2.19. The minimum atomic E-state index is 0.257. The summed E-state index contributed by atoms with van der Waals surface area (Å²) in [6.45, 7) is 4.33. The lowest BCUT2D eigenvalue weighted by atomic mass is 9.88. The van der Waals surface area contributed by atoms with E-state index in [2.05, 4.69) is 33.6 Å². The highest BCUT2D eigenvalue weighted by Gasteiger charge is 2.31. The van der Waals surface area contributed by atoms with Crippen LogP contribution in [0.25, 0.3) is 0 Å². The Bertz CT molecular complexity index is 639. The number of guanidine groups is 1. The van der Waals surface area contributed by atoms with Crippen LogP contribution in [-0.2, 0) is 11.3 Å². The Labute approximate surface area is 156 Å². The zero-order valence-electron chi connectivity index (χ0n) is 16.0. The predicted molar refractivity (Wildman–Crippen MR) is 104 cm³/mol. The number of hydrogen-bond acceptors (Lipinski definition) is 3. The van der Waals surface area contributed by atoms with Crippen molar-refractivity contribution >= 4 is 11.9 Å². The third-order valence-corrected chi connectivity index (χ3v) is 5.56. The number of hydrogen-bond donors (Lipinski definition) is 2. The van der Waals surface area contributed by atoms with E-state index in [0.29, 0.717) is 12.5 Å². The highest BCUT2D eigenvalue weighted by molar-refractivity contribution is 5.81. The van der Waals surface area contributed by atoms with E-state index in [-0.39, 0.29) is 12.0 Å². The number of amides is 1. The van der Waals surface area contributed by atoms with Gasteiger partial charge in [0.25, 0.3) is 0 Å². The number of carbonyl (C=O) groups excluding carboxylic acids is 1. The van der Waals surface area contributed by atoms with Gasteiger partial charge in [-0.1, -0.05) is 25.3 Å². The van der Waals surface area contributed by atoms with Gasteiger partial charge in [-0.3, -0.25) is 14.8 Å². The minimum Gasteiger partial charge on any atom is -0.352 e. The van der Waals surface area contributed by atoms with Crippen LogP contribution in [0, 0.1) is 12.8 Å². The lowest BCUT2D eigenvalue weighted by Gasteiger charge is -2.26. The van der Waals surface area contributed by atoms with Crippen LogP contribution in [0.3, 0.4) is 0 Å². The molecule has 0 radical (unpaired) electrons. The lowest BCUT2D eigenvalue weighted by Crippen LogP contribution is -2.45. The number of aromatic nitrogens is 1. The number of nitrogens with zero attached hydrogens (tertiary/aromatic N) is 3. The van der Waals surface area contributed by atoms with Gasteiger partial charge in [0.15, 0.2) is 5.96 Å². The Morgan fingerprint density at radius 3 is 2.85 bits per heavy atom. The van der Waals surface area contributed by atoms with Crippen molar-refractivity contribution in [2.45, 2.75) is 58.0 Å². The van der Waals surface area contributed by atoms with Crippen LogP contribution in [0.1, 0.15) is 49.8 Å². The third-order valence-electron chi connectivity index (χ3n) is 5.56. The second kappa shape index (κ2) is 9.01. The topological polar surface area (TPSA) is 69.6 Å². The maximum Gasteiger partial charge on any atom is 0.225 e. The molecule has 2 aliphatic rings. The fraction of sp³-hybridized carbons (Fsp3) is 0.650. The van der Waals surface area contributed by atoms with Gasteiger partial charge < -0.3 is 15.5 Å². The first kappa shape index (κ1) is 18.7. The van der Waals surface area contributed by atoms with Crippen molar-refractivity contribution < 1.29 is 4.79 Å². The van der Waals surface area contributed by atoms with Gasteiger partial charge in [-0.2, -0.15) is 0 Å². The maximum atomic E-state index is 12.7. The van der Waals surface area contributed by atoms with Crippen LogP contribution in [0.15, 0.2) is 23.3 Å². The normalized spacial score (nSPS) is 21.7. The molecule has 2 fully saturated rings. The first-order chi connectivity index (χ1) is 12.7. The Morgan fingerprint density at radius 1 is 1.31 bits per heavy atom. The van der Waals surface area contributed by atoms with Crippen molar-refractivity contribution in [2.75, 3.05) is 20.1 Å². The summed E-state index contributed by atoms with van der Waals surface area (Å²) in [5, 5.41) is 6.79. The van der Waals surface area contributed by atoms with E-state index in [1.165, 1.54) is 24.8 Å². The molecule has 1 saturated heterocycles. The molecule has 0 bridgehead atoms. The summed E-state index contributed by atoms with van der Waals surface area (Å²) in [5.74, 6) is 1.39. The number of aryl methyl sites for hydroxylation is 1. The Hall–Kier alpha value is -2.11. The molecule has 0 spiro atoms. The summed E-state index contributed by atoms with van der Waals surface area (Å²) in [6.07, 6.45) is 8.62. The van der Waals surface area contributed by atoms with E-state index >= 15 is 0 Å². The molecule has 1 aliphatic carbocycles. The standard InChI is InChI=1S/C20H31N5O/c1-15-7-6-11-22-18(15)13-23-20(21-2)24-17-10-12-25(14-17)19(26)16-8-4-3-5-9-16/h6-7,11,16-17H,3-5,8-10,12-14H2,1-2H3,(H2,21,23,24). The van der Waals surface area contributed by atoms with Gasteiger partial charge in [0, 0.05) is 38.3 Å². The van der Waals surface area contributed by atoms with Crippen LogP contribution in [0.4, 0.5) is 0 Å². The van der Waals surface area contributed by atoms with E-state index in [0.717, 1.165) is 44.0 Å². The molecule has 0 aromatic carbocycles. The summed E-state index contributed by atoms with van der Waals surface area (Å²) in [6, 6.07) is 4.27. The molecule has 1 aliphatic heterocycles. The van der Waals surface area contributed by atoms with E-state index in [1.54, 1.807) is 7.05 Å². The minimum absolute atomic E-state index is 0.257.